The number of carbonyl (C=O) groups excluding carboxylic acids is 1. The fraction of sp³-hybridized carbons (Fsp3) is 0.923. The normalized spacial score (nSPS) is 11.9. The number of carbonyl (C=O) groups is 1. The van der Waals surface area contributed by atoms with E-state index in [1.165, 1.54) is 0 Å². The minimum absolute atomic E-state index is 0.205. The highest BCUT2D eigenvalue weighted by molar-refractivity contribution is 5.81. The zero-order valence-electron chi connectivity index (χ0n) is 11.0. The van der Waals surface area contributed by atoms with Crippen molar-refractivity contribution in [2.45, 2.75) is 60.3 Å². The largest absolute Gasteiger partial charge is 0.356 e. The van der Waals surface area contributed by atoms with Gasteiger partial charge in [0.1, 0.15) is 0 Å². The molecule has 0 fully saturated rings. The molecule has 0 saturated carbocycles. The predicted octanol–water partition coefficient (Wildman–Crippen LogP) is 3.37. The van der Waals surface area contributed by atoms with Crippen LogP contribution in [0.1, 0.15) is 60.3 Å². The van der Waals surface area contributed by atoms with Crippen molar-refractivity contribution in [3.8, 4) is 0 Å². The topological polar surface area (TPSA) is 29.1 Å². The number of amides is 1. The third-order valence-electron chi connectivity index (χ3n) is 2.78. The third kappa shape index (κ3) is 6.53. The lowest BCUT2D eigenvalue weighted by molar-refractivity contribution is -0.129. The number of hydrogen-bond donors (Lipinski definition) is 1. The molecule has 0 unspecified atom stereocenters. The van der Waals surface area contributed by atoms with E-state index in [1.807, 2.05) is 13.8 Å². The van der Waals surface area contributed by atoms with Gasteiger partial charge in [0.15, 0.2) is 0 Å². The Labute approximate surface area is 94.8 Å². The highest BCUT2D eigenvalue weighted by Crippen LogP contribution is 2.24. The fourth-order valence-electron chi connectivity index (χ4n) is 1.38. The maximum absolute atomic E-state index is 11.8. The Kier molecular flexibility index (Phi) is 6.62. The Bertz CT molecular complexity index is 185. The first-order valence-electron chi connectivity index (χ1n) is 6.18. The highest BCUT2D eigenvalue weighted by atomic mass is 16.2. The molecule has 0 aromatic heterocycles. The molecule has 0 aromatic rings. The van der Waals surface area contributed by atoms with Gasteiger partial charge in [0.2, 0.25) is 5.91 Å². The van der Waals surface area contributed by atoms with Crippen LogP contribution in [0.4, 0.5) is 0 Å². The fourth-order valence-corrected chi connectivity index (χ4v) is 1.38. The molecule has 0 rings (SSSR count). The Morgan fingerprint density at radius 1 is 1.33 bits per heavy atom. The summed E-state index contributed by atoms with van der Waals surface area (Å²) in [6.45, 7) is 11.4. The molecular formula is C13H27NO. The molecule has 0 bridgehead atoms. The molecule has 0 aliphatic rings. The van der Waals surface area contributed by atoms with Crippen molar-refractivity contribution in [1.82, 2.24) is 5.32 Å². The van der Waals surface area contributed by atoms with Gasteiger partial charge in [0.05, 0.1) is 0 Å². The van der Waals surface area contributed by atoms with Crippen LogP contribution in [0.25, 0.3) is 0 Å². The van der Waals surface area contributed by atoms with Gasteiger partial charge in [-0.05, 0) is 25.2 Å². The molecule has 0 spiro atoms. The van der Waals surface area contributed by atoms with E-state index in [-0.39, 0.29) is 11.3 Å². The van der Waals surface area contributed by atoms with Crippen LogP contribution in [0.5, 0.6) is 0 Å². The first kappa shape index (κ1) is 14.5. The number of hydrogen-bond acceptors (Lipinski definition) is 1. The minimum Gasteiger partial charge on any atom is -0.356 e. The van der Waals surface area contributed by atoms with Gasteiger partial charge in [-0.3, -0.25) is 4.79 Å². The van der Waals surface area contributed by atoms with Crippen molar-refractivity contribution in [1.29, 1.82) is 0 Å². The predicted molar refractivity (Wildman–Crippen MR) is 65.8 cm³/mol. The average Bonchev–Trinajstić information content (AvgIpc) is 2.15. The summed E-state index contributed by atoms with van der Waals surface area (Å²) >= 11 is 0. The van der Waals surface area contributed by atoms with Crippen LogP contribution < -0.4 is 5.32 Å². The Balaban J connectivity index is 3.91. The van der Waals surface area contributed by atoms with E-state index < -0.39 is 0 Å². The van der Waals surface area contributed by atoms with Gasteiger partial charge < -0.3 is 5.32 Å². The maximum Gasteiger partial charge on any atom is 0.225 e. The lowest BCUT2D eigenvalue weighted by atomic mass is 9.84. The number of unbranched alkanes of at least 4 members (excludes halogenated alkanes) is 1. The summed E-state index contributed by atoms with van der Waals surface area (Å²) in [6.07, 6.45) is 4.30. The monoisotopic (exact) mass is 213 g/mol. The zero-order valence-corrected chi connectivity index (χ0v) is 11.0. The van der Waals surface area contributed by atoms with Gasteiger partial charge in [0.25, 0.3) is 0 Å². The third-order valence-corrected chi connectivity index (χ3v) is 2.78. The molecule has 1 amide bonds. The molecule has 0 aromatic carbocycles. The summed E-state index contributed by atoms with van der Waals surface area (Å²) < 4.78 is 0. The van der Waals surface area contributed by atoms with Crippen LogP contribution in [0, 0.1) is 11.3 Å². The Morgan fingerprint density at radius 2 is 1.93 bits per heavy atom. The van der Waals surface area contributed by atoms with E-state index in [4.69, 9.17) is 0 Å². The van der Waals surface area contributed by atoms with Crippen molar-refractivity contribution in [2.24, 2.45) is 11.3 Å². The molecule has 2 nitrogen and oxygen atoms in total. The molecule has 0 heterocycles. The minimum atomic E-state index is -0.210. The van der Waals surface area contributed by atoms with Crippen LogP contribution in [0.15, 0.2) is 0 Å². The first-order valence-corrected chi connectivity index (χ1v) is 6.18. The summed E-state index contributed by atoms with van der Waals surface area (Å²) in [5.74, 6) is 0.879. The van der Waals surface area contributed by atoms with E-state index in [1.54, 1.807) is 0 Å². The molecule has 0 aliphatic carbocycles. The van der Waals surface area contributed by atoms with Gasteiger partial charge in [-0.25, -0.2) is 0 Å². The highest BCUT2D eigenvalue weighted by Gasteiger charge is 2.26. The van der Waals surface area contributed by atoms with E-state index in [9.17, 15) is 4.79 Å². The van der Waals surface area contributed by atoms with Crippen LogP contribution in [-0.4, -0.2) is 12.5 Å². The van der Waals surface area contributed by atoms with Crippen molar-refractivity contribution >= 4 is 5.91 Å². The van der Waals surface area contributed by atoms with E-state index in [2.05, 4.69) is 26.1 Å². The molecule has 90 valence electrons. The quantitative estimate of drug-likeness (QED) is 0.645. The smallest absolute Gasteiger partial charge is 0.225 e. The van der Waals surface area contributed by atoms with Gasteiger partial charge >= 0.3 is 0 Å². The molecule has 0 radical (unpaired) electrons. The summed E-state index contributed by atoms with van der Waals surface area (Å²) in [7, 11) is 0. The van der Waals surface area contributed by atoms with Crippen LogP contribution in [0.3, 0.4) is 0 Å². The van der Waals surface area contributed by atoms with Crippen LogP contribution >= 0.6 is 0 Å². The average molecular weight is 213 g/mol. The second-order valence-electron chi connectivity index (χ2n) is 5.43. The summed E-state index contributed by atoms with van der Waals surface area (Å²) in [5, 5.41) is 3.01. The van der Waals surface area contributed by atoms with Gasteiger partial charge in [-0.1, -0.05) is 41.0 Å². The molecule has 1 N–H and O–H groups in total. The maximum atomic E-state index is 11.8. The number of nitrogens with one attached hydrogen (secondary N) is 1. The van der Waals surface area contributed by atoms with E-state index >= 15 is 0 Å². The Hall–Kier alpha value is -0.530. The SMILES string of the molecule is CCCCNC(=O)C(C)(C)CCC(C)C. The van der Waals surface area contributed by atoms with E-state index in [0.29, 0.717) is 5.92 Å². The van der Waals surface area contributed by atoms with Crippen molar-refractivity contribution in [3.63, 3.8) is 0 Å². The second-order valence-corrected chi connectivity index (χ2v) is 5.43. The molecule has 0 saturated heterocycles. The van der Waals surface area contributed by atoms with Gasteiger partial charge in [-0.15, -0.1) is 0 Å². The van der Waals surface area contributed by atoms with Gasteiger partial charge in [0, 0.05) is 12.0 Å². The molecule has 0 aliphatic heterocycles. The summed E-state index contributed by atoms with van der Waals surface area (Å²) in [4.78, 5) is 11.8. The van der Waals surface area contributed by atoms with Crippen molar-refractivity contribution < 1.29 is 4.79 Å². The van der Waals surface area contributed by atoms with Gasteiger partial charge in [-0.2, -0.15) is 0 Å². The number of rotatable bonds is 7. The van der Waals surface area contributed by atoms with E-state index in [0.717, 1.165) is 32.2 Å². The lowest BCUT2D eigenvalue weighted by Crippen LogP contribution is -2.37. The molecular weight excluding hydrogens is 186 g/mol. The summed E-state index contributed by atoms with van der Waals surface area (Å²) in [5.41, 5.74) is -0.210. The molecule has 15 heavy (non-hydrogen) atoms. The Morgan fingerprint density at radius 3 is 2.40 bits per heavy atom. The van der Waals surface area contributed by atoms with Crippen molar-refractivity contribution in [3.05, 3.63) is 0 Å². The molecule has 2 heteroatoms. The zero-order chi connectivity index (χ0) is 11.9. The van der Waals surface area contributed by atoms with Crippen LogP contribution in [-0.2, 0) is 4.79 Å². The first-order chi connectivity index (χ1) is 6.90. The van der Waals surface area contributed by atoms with Crippen LogP contribution in [0.2, 0.25) is 0 Å². The van der Waals surface area contributed by atoms with Crippen molar-refractivity contribution in [2.75, 3.05) is 6.54 Å². The lowest BCUT2D eigenvalue weighted by Gasteiger charge is -2.24. The molecule has 0 atom stereocenters. The standard InChI is InChI=1S/C13H27NO/c1-6-7-10-14-12(15)13(4,5)9-8-11(2)3/h11H,6-10H2,1-5H3,(H,14,15). The second kappa shape index (κ2) is 6.86. The summed E-state index contributed by atoms with van der Waals surface area (Å²) in [6, 6.07) is 0.